The highest BCUT2D eigenvalue weighted by Gasteiger charge is 2.24. The van der Waals surface area contributed by atoms with Crippen LogP contribution >= 0.6 is 0 Å². The second-order valence-corrected chi connectivity index (χ2v) is 3.69. The second kappa shape index (κ2) is 7.65. The molecule has 15 heavy (non-hydrogen) atoms. The molecule has 2 atom stereocenters. The molecule has 0 rings (SSSR count). The van der Waals surface area contributed by atoms with Gasteiger partial charge in [-0.25, -0.2) is 0 Å². The Labute approximate surface area is 92.5 Å². The van der Waals surface area contributed by atoms with E-state index in [1.807, 2.05) is 6.92 Å². The number of hydrogen-bond acceptors (Lipinski definition) is 4. The van der Waals surface area contributed by atoms with Crippen LogP contribution in [0.15, 0.2) is 0 Å². The summed E-state index contributed by atoms with van der Waals surface area (Å²) in [7, 11) is 3.08. The van der Waals surface area contributed by atoms with E-state index < -0.39 is 0 Å². The third-order valence-electron chi connectivity index (χ3n) is 2.75. The number of carbonyl (C=O) groups is 1. The lowest BCUT2D eigenvalue weighted by Crippen LogP contribution is -2.46. The molecule has 4 heteroatoms. The molecule has 0 saturated carbocycles. The molecule has 0 N–H and O–H groups in total. The smallest absolute Gasteiger partial charge is 0.322 e. The molecule has 0 saturated heterocycles. The first-order chi connectivity index (χ1) is 7.08. The van der Waals surface area contributed by atoms with E-state index in [1.165, 1.54) is 7.11 Å². The van der Waals surface area contributed by atoms with Crippen molar-refractivity contribution in [2.75, 3.05) is 27.4 Å². The van der Waals surface area contributed by atoms with E-state index in [2.05, 4.69) is 18.7 Å². The molecule has 0 spiro atoms. The van der Waals surface area contributed by atoms with Crippen molar-refractivity contribution in [3.8, 4) is 0 Å². The normalized spacial score (nSPS) is 15.1. The quantitative estimate of drug-likeness (QED) is 0.602. The highest BCUT2D eigenvalue weighted by Crippen LogP contribution is 2.09. The summed E-state index contributed by atoms with van der Waals surface area (Å²) in [6.45, 7) is 7.46. The molecule has 0 aromatic rings. The molecule has 0 radical (unpaired) electrons. The molecule has 2 unspecified atom stereocenters. The fourth-order valence-electron chi connectivity index (χ4n) is 1.53. The SMILES string of the molecule is CCC(C)N(CCOC)C(C)C(=O)OC. The zero-order valence-electron chi connectivity index (χ0n) is 10.4. The van der Waals surface area contributed by atoms with E-state index in [4.69, 9.17) is 9.47 Å². The molecular weight excluding hydrogens is 194 g/mol. The number of esters is 1. The Hall–Kier alpha value is -0.610. The van der Waals surface area contributed by atoms with Crippen molar-refractivity contribution in [3.05, 3.63) is 0 Å². The van der Waals surface area contributed by atoms with Gasteiger partial charge in [0.1, 0.15) is 6.04 Å². The van der Waals surface area contributed by atoms with Gasteiger partial charge in [-0.2, -0.15) is 0 Å². The minimum Gasteiger partial charge on any atom is -0.468 e. The maximum Gasteiger partial charge on any atom is 0.322 e. The Kier molecular flexibility index (Phi) is 7.34. The molecule has 0 aliphatic heterocycles. The van der Waals surface area contributed by atoms with Crippen LogP contribution in [0.3, 0.4) is 0 Å². The van der Waals surface area contributed by atoms with E-state index in [0.717, 1.165) is 13.0 Å². The monoisotopic (exact) mass is 217 g/mol. The summed E-state index contributed by atoms with van der Waals surface area (Å²) < 4.78 is 9.78. The van der Waals surface area contributed by atoms with Crippen molar-refractivity contribution in [3.63, 3.8) is 0 Å². The highest BCUT2D eigenvalue weighted by atomic mass is 16.5. The summed E-state index contributed by atoms with van der Waals surface area (Å²) >= 11 is 0. The average Bonchev–Trinajstić information content (AvgIpc) is 2.27. The van der Waals surface area contributed by atoms with Crippen molar-refractivity contribution < 1.29 is 14.3 Å². The molecule has 90 valence electrons. The molecule has 0 aromatic heterocycles. The van der Waals surface area contributed by atoms with Crippen LogP contribution < -0.4 is 0 Å². The zero-order chi connectivity index (χ0) is 11.8. The molecule has 0 aliphatic rings. The Morgan fingerprint density at radius 2 is 1.93 bits per heavy atom. The van der Waals surface area contributed by atoms with E-state index >= 15 is 0 Å². The van der Waals surface area contributed by atoms with E-state index in [0.29, 0.717) is 12.6 Å². The van der Waals surface area contributed by atoms with Crippen LogP contribution in [0.25, 0.3) is 0 Å². The van der Waals surface area contributed by atoms with Crippen molar-refractivity contribution >= 4 is 5.97 Å². The molecule has 0 heterocycles. The van der Waals surface area contributed by atoms with Crippen LogP contribution in [-0.2, 0) is 14.3 Å². The van der Waals surface area contributed by atoms with Gasteiger partial charge >= 0.3 is 5.97 Å². The predicted octanol–water partition coefficient (Wildman–Crippen LogP) is 1.29. The van der Waals surface area contributed by atoms with Crippen LogP contribution in [-0.4, -0.2) is 50.3 Å². The maximum atomic E-state index is 11.4. The number of carbonyl (C=O) groups excluding carboxylic acids is 1. The van der Waals surface area contributed by atoms with Crippen molar-refractivity contribution in [2.24, 2.45) is 0 Å². The van der Waals surface area contributed by atoms with Gasteiger partial charge in [0.15, 0.2) is 0 Å². The number of methoxy groups -OCH3 is 2. The van der Waals surface area contributed by atoms with Gasteiger partial charge in [-0.15, -0.1) is 0 Å². The molecular formula is C11H23NO3. The van der Waals surface area contributed by atoms with Gasteiger partial charge in [0, 0.05) is 19.7 Å². The van der Waals surface area contributed by atoms with Crippen molar-refractivity contribution in [1.29, 1.82) is 0 Å². The summed E-state index contributed by atoms with van der Waals surface area (Å²) in [6, 6.07) is 0.148. The van der Waals surface area contributed by atoms with E-state index in [1.54, 1.807) is 7.11 Å². The Bertz CT molecular complexity index is 185. The number of ether oxygens (including phenoxy) is 2. The molecule has 0 bridgehead atoms. The first-order valence-electron chi connectivity index (χ1n) is 5.40. The number of nitrogens with zero attached hydrogens (tertiary/aromatic N) is 1. The Balaban J connectivity index is 4.39. The minimum atomic E-state index is -0.208. The standard InChI is InChI=1S/C11H23NO3/c1-6-9(2)12(7-8-14-4)10(3)11(13)15-5/h9-10H,6-8H2,1-5H3. The predicted molar refractivity (Wildman–Crippen MR) is 59.8 cm³/mol. The first kappa shape index (κ1) is 14.4. The Morgan fingerprint density at radius 3 is 2.33 bits per heavy atom. The van der Waals surface area contributed by atoms with Crippen LogP contribution in [0, 0.1) is 0 Å². The molecule has 0 fully saturated rings. The lowest BCUT2D eigenvalue weighted by Gasteiger charge is -2.32. The molecule has 0 amide bonds. The molecule has 4 nitrogen and oxygen atoms in total. The molecule has 0 aromatic carbocycles. The third kappa shape index (κ3) is 4.62. The van der Waals surface area contributed by atoms with Gasteiger partial charge in [-0.05, 0) is 20.3 Å². The van der Waals surface area contributed by atoms with Crippen LogP contribution in [0.5, 0.6) is 0 Å². The third-order valence-corrected chi connectivity index (χ3v) is 2.75. The average molecular weight is 217 g/mol. The van der Waals surface area contributed by atoms with Crippen LogP contribution in [0.2, 0.25) is 0 Å². The maximum absolute atomic E-state index is 11.4. The van der Waals surface area contributed by atoms with Gasteiger partial charge < -0.3 is 9.47 Å². The van der Waals surface area contributed by atoms with Gasteiger partial charge in [-0.3, -0.25) is 9.69 Å². The fraction of sp³-hybridized carbons (Fsp3) is 0.909. The largest absolute Gasteiger partial charge is 0.468 e. The minimum absolute atomic E-state index is 0.189. The molecule has 0 aliphatic carbocycles. The van der Waals surface area contributed by atoms with E-state index in [9.17, 15) is 4.79 Å². The van der Waals surface area contributed by atoms with E-state index in [-0.39, 0.29) is 12.0 Å². The highest BCUT2D eigenvalue weighted by molar-refractivity contribution is 5.75. The first-order valence-corrected chi connectivity index (χ1v) is 5.40. The lowest BCUT2D eigenvalue weighted by molar-refractivity contribution is -0.147. The summed E-state index contributed by atoms with van der Waals surface area (Å²) in [6.07, 6.45) is 1.01. The van der Waals surface area contributed by atoms with Gasteiger partial charge in [0.25, 0.3) is 0 Å². The van der Waals surface area contributed by atoms with Crippen LogP contribution in [0.1, 0.15) is 27.2 Å². The summed E-state index contributed by atoms with van der Waals surface area (Å²) in [5.41, 5.74) is 0. The summed E-state index contributed by atoms with van der Waals surface area (Å²) in [4.78, 5) is 13.5. The van der Waals surface area contributed by atoms with Crippen LogP contribution in [0.4, 0.5) is 0 Å². The zero-order valence-corrected chi connectivity index (χ0v) is 10.4. The summed E-state index contributed by atoms with van der Waals surface area (Å²) in [5, 5.41) is 0. The number of hydrogen-bond donors (Lipinski definition) is 0. The number of rotatable bonds is 7. The lowest BCUT2D eigenvalue weighted by atomic mass is 10.1. The van der Waals surface area contributed by atoms with Crippen molar-refractivity contribution in [2.45, 2.75) is 39.3 Å². The van der Waals surface area contributed by atoms with Crippen molar-refractivity contribution in [1.82, 2.24) is 4.90 Å². The Morgan fingerprint density at radius 1 is 1.33 bits per heavy atom. The van der Waals surface area contributed by atoms with Gasteiger partial charge in [0.05, 0.1) is 13.7 Å². The topological polar surface area (TPSA) is 38.8 Å². The van der Waals surface area contributed by atoms with Gasteiger partial charge in [0.2, 0.25) is 0 Å². The fourth-order valence-corrected chi connectivity index (χ4v) is 1.53. The second-order valence-electron chi connectivity index (χ2n) is 3.69. The summed E-state index contributed by atoms with van der Waals surface area (Å²) in [5.74, 6) is -0.189. The van der Waals surface area contributed by atoms with Gasteiger partial charge in [-0.1, -0.05) is 6.92 Å².